The van der Waals surface area contributed by atoms with Crippen molar-refractivity contribution in [3.05, 3.63) is 0 Å². The van der Waals surface area contributed by atoms with Crippen LogP contribution in [0.4, 0.5) is 0 Å². The number of rotatable bonds is 6. The Balaban J connectivity index is 1.79. The van der Waals surface area contributed by atoms with Gasteiger partial charge in [0.15, 0.2) is 0 Å². The highest BCUT2D eigenvalue weighted by Gasteiger charge is 2.20. The van der Waals surface area contributed by atoms with Gasteiger partial charge < -0.3 is 10.2 Å². The summed E-state index contributed by atoms with van der Waals surface area (Å²) in [6, 6.07) is 0. The van der Waals surface area contributed by atoms with Crippen LogP contribution in [0.1, 0.15) is 19.3 Å². The van der Waals surface area contributed by atoms with Crippen molar-refractivity contribution in [3.63, 3.8) is 0 Å². The van der Waals surface area contributed by atoms with Gasteiger partial charge >= 0.3 is 0 Å². The first-order chi connectivity index (χ1) is 5.33. The van der Waals surface area contributed by atoms with Crippen molar-refractivity contribution < 1.29 is 10.2 Å². The number of aliphatic hydroxyl groups excluding tert-OH is 2. The third kappa shape index (κ3) is 4.67. The first kappa shape index (κ1) is 9.36. The predicted octanol–water partition coefficient (Wildman–Crippen LogP) is 0.873. The molecule has 1 fully saturated rings. The fourth-order valence-electron chi connectivity index (χ4n) is 0.929. The molecule has 0 aliphatic heterocycles. The van der Waals surface area contributed by atoms with Crippen LogP contribution in [-0.4, -0.2) is 34.4 Å². The van der Waals surface area contributed by atoms with Crippen molar-refractivity contribution in [2.75, 3.05) is 18.1 Å². The highest BCUT2D eigenvalue weighted by Crippen LogP contribution is 2.33. The fraction of sp³-hybridized carbons (Fsp3) is 1.00. The van der Waals surface area contributed by atoms with Gasteiger partial charge in [-0.2, -0.15) is 11.8 Å². The zero-order chi connectivity index (χ0) is 8.10. The van der Waals surface area contributed by atoms with Crippen LogP contribution in [-0.2, 0) is 0 Å². The average Bonchev–Trinajstić information content (AvgIpc) is 2.81. The van der Waals surface area contributed by atoms with Crippen LogP contribution in [0.2, 0.25) is 0 Å². The van der Waals surface area contributed by atoms with Crippen LogP contribution in [0, 0.1) is 5.92 Å². The topological polar surface area (TPSA) is 40.5 Å². The molecule has 2 N–H and O–H groups in total. The second-order valence-electron chi connectivity index (χ2n) is 3.14. The molecule has 0 saturated heterocycles. The zero-order valence-corrected chi connectivity index (χ0v) is 7.52. The third-order valence-electron chi connectivity index (χ3n) is 1.89. The normalized spacial score (nSPS) is 20.2. The Hall–Kier alpha value is 0.270. The van der Waals surface area contributed by atoms with E-state index < -0.39 is 6.10 Å². The van der Waals surface area contributed by atoms with Gasteiger partial charge in [-0.3, -0.25) is 0 Å². The van der Waals surface area contributed by atoms with Crippen LogP contribution in [0.15, 0.2) is 0 Å². The van der Waals surface area contributed by atoms with E-state index in [0.717, 1.165) is 11.7 Å². The number of hydrogen-bond donors (Lipinski definition) is 2. The summed E-state index contributed by atoms with van der Waals surface area (Å²) in [5, 5.41) is 17.5. The van der Waals surface area contributed by atoms with Gasteiger partial charge in [-0.05, 0) is 18.1 Å². The molecule has 1 rings (SSSR count). The van der Waals surface area contributed by atoms with Gasteiger partial charge in [-0.15, -0.1) is 0 Å². The van der Waals surface area contributed by atoms with E-state index in [9.17, 15) is 0 Å². The molecule has 0 amide bonds. The zero-order valence-electron chi connectivity index (χ0n) is 6.70. The molecule has 0 aromatic heterocycles. The van der Waals surface area contributed by atoms with Crippen LogP contribution in [0.3, 0.4) is 0 Å². The number of hydrogen-bond acceptors (Lipinski definition) is 3. The van der Waals surface area contributed by atoms with Crippen molar-refractivity contribution in [2.24, 2.45) is 5.92 Å². The van der Waals surface area contributed by atoms with E-state index in [2.05, 4.69) is 0 Å². The van der Waals surface area contributed by atoms with Crippen LogP contribution in [0.25, 0.3) is 0 Å². The molecular weight excluding hydrogens is 160 g/mol. The molecule has 0 spiro atoms. The van der Waals surface area contributed by atoms with E-state index in [0.29, 0.717) is 5.75 Å². The Bertz CT molecular complexity index is 104. The van der Waals surface area contributed by atoms with Gasteiger partial charge in [0.2, 0.25) is 0 Å². The molecule has 2 nitrogen and oxygen atoms in total. The van der Waals surface area contributed by atoms with Crippen molar-refractivity contribution in [3.8, 4) is 0 Å². The summed E-state index contributed by atoms with van der Waals surface area (Å²) in [7, 11) is 0. The van der Waals surface area contributed by atoms with E-state index in [1.54, 1.807) is 11.8 Å². The molecule has 11 heavy (non-hydrogen) atoms. The molecule has 1 aliphatic carbocycles. The lowest BCUT2D eigenvalue weighted by molar-refractivity contribution is 0.113. The van der Waals surface area contributed by atoms with Crippen LogP contribution >= 0.6 is 11.8 Å². The summed E-state index contributed by atoms with van der Waals surface area (Å²) in [6.45, 7) is -0.101. The Kier molecular flexibility index (Phi) is 4.26. The van der Waals surface area contributed by atoms with Crippen LogP contribution < -0.4 is 0 Å². The Morgan fingerprint density at radius 2 is 2.18 bits per heavy atom. The summed E-state index contributed by atoms with van der Waals surface area (Å²) < 4.78 is 0. The summed E-state index contributed by atoms with van der Waals surface area (Å²) in [6.07, 6.45) is 3.59. The number of aliphatic hydroxyl groups is 2. The molecule has 1 aliphatic rings. The molecule has 3 heteroatoms. The first-order valence-corrected chi connectivity index (χ1v) is 5.35. The molecule has 0 heterocycles. The second kappa shape index (κ2) is 5.01. The molecule has 66 valence electrons. The van der Waals surface area contributed by atoms with E-state index in [1.165, 1.54) is 19.3 Å². The van der Waals surface area contributed by atoms with E-state index in [-0.39, 0.29) is 6.61 Å². The maximum atomic E-state index is 8.97. The summed E-state index contributed by atoms with van der Waals surface area (Å²) in [5.41, 5.74) is 0. The Labute approximate surface area is 72.0 Å². The highest BCUT2D eigenvalue weighted by atomic mass is 32.2. The minimum absolute atomic E-state index is 0.101. The number of thioether (sulfide) groups is 1. The molecule has 1 saturated carbocycles. The summed E-state index contributed by atoms with van der Waals surface area (Å²) in [4.78, 5) is 0. The van der Waals surface area contributed by atoms with E-state index in [4.69, 9.17) is 10.2 Å². The van der Waals surface area contributed by atoms with Gasteiger partial charge in [-0.25, -0.2) is 0 Å². The molecule has 1 atom stereocenters. The Morgan fingerprint density at radius 3 is 2.73 bits per heavy atom. The molecule has 0 radical (unpaired) electrons. The lowest BCUT2D eigenvalue weighted by Crippen LogP contribution is -2.14. The van der Waals surface area contributed by atoms with Gasteiger partial charge in [0, 0.05) is 5.75 Å². The largest absolute Gasteiger partial charge is 0.394 e. The smallest absolute Gasteiger partial charge is 0.0861 e. The quantitative estimate of drug-likeness (QED) is 0.590. The Morgan fingerprint density at radius 1 is 1.45 bits per heavy atom. The SMILES string of the molecule is OCC(O)CSCCC1CC1. The molecular formula is C8H16O2S. The highest BCUT2D eigenvalue weighted by molar-refractivity contribution is 7.99. The molecule has 0 bridgehead atoms. The van der Waals surface area contributed by atoms with Crippen molar-refractivity contribution in [1.82, 2.24) is 0 Å². The van der Waals surface area contributed by atoms with Gasteiger partial charge in [0.05, 0.1) is 12.7 Å². The van der Waals surface area contributed by atoms with Crippen molar-refractivity contribution in [1.29, 1.82) is 0 Å². The van der Waals surface area contributed by atoms with Gasteiger partial charge in [-0.1, -0.05) is 12.8 Å². The van der Waals surface area contributed by atoms with E-state index >= 15 is 0 Å². The maximum Gasteiger partial charge on any atom is 0.0861 e. The van der Waals surface area contributed by atoms with Crippen LogP contribution in [0.5, 0.6) is 0 Å². The lowest BCUT2D eigenvalue weighted by atomic mass is 10.3. The standard InChI is InChI=1S/C8H16O2S/c9-5-8(10)6-11-4-3-7-1-2-7/h7-10H,1-6H2. The molecule has 0 aromatic rings. The summed E-state index contributed by atoms with van der Waals surface area (Å²) >= 11 is 1.74. The lowest BCUT2D eigenvalue weighted by Gasteiger charge is -2.05. The van der Waals surface area contributed by atoms with E-state index in [1.807, 2.05) is 0 Å². The van der Waals surface area contributed by atoms with Crippen molar-refractivity contribution >= 4 is 11.8 Å². The minimum Gasteiger partial charge on any atom is -0.394 e. The monoisotopic (exact) mass is 176 g/mol. The third-order valence-corrected chi connectivity index (χ3v) is 3.03. The average molecular weight is 176 g/mol. The molecule has 1 unspecified atom stereocenters. The maximum absolute atomic E-state index is 8.97. The van der Waals surface area contributed by atoms with Gasteiger partial charge in [0.25, 0.3) is 0 Å². The van der Waals surface area contributed by atoms with Gasteiger partial charge in [0.1, 0.15) is 0 Å². The second-order valence-corrected chi connectivity index (χ2v) is 4.29. The molecule has 0 aromatic carbocycles. The predicted molar refractivity (Wildman–Crippen MR) is 47.8 cm³/mol. The minimum atomic E-state index is -0.515. The van der Waals surface area contributed by atoms with Crippen molar-refractivity contribution in [2.45, 2.75) is 25.4 Å². The fourth-order valence-corrected chi connectivity index (χ4v) is 1.97. The summed E-state index contributed by atoms with van der Waals surface area (Å²) in [5.74, 6) is 2.80. The first-order valence-electron chi connectivity index (χ1n) is 4.19.